The smallest absolute Gasteiger partial charge is 0.270 e. The molecule has 0 spiro atoms. The number of carbonyl (C=O) groups excluding carboxylic acids is 2. The Morgan fingerprint density at radius 2 is 1.75 bits per heavy atom. The number of amides is 2. The van der Waals surface area contributed by atoms with Gasteiger partial charge in [0.15, 0.2) is 0 Å². The van der Waals surface area contributed by atoms with Crippen molar-refractivity contribution in [1.29, 1.82) is 0 Å². The van der Waals surface area contributed by atoms with Crippen LogP contribution in [0.5, 0.6) is 0 Å². The lowest BCUT2D eigenvalue weighted by Crippen LogP contribution is -2.35. The van der Waals surface area contributed by atoms with Crippen LogP contribution in [-0.4, -0.2) is 29.8 Å². The molecular weight excluding hydrogens is 463 g/mol. The number of halogens is 1. The van der Waals surface area contributed by atoms with E-state index >= 15 is 0 Å². The number of nitrogens with zero attached hydrogens (tertiary/aromatic N) is 2. The highest BCUT2D eigenvalue weighted by Gasteiger charge is 2.22. The average Bonchev–Trinajstić information content (AvgIpc) is 2.88. The molecule has 9 heteroatoms. The van der Waals surface area contributed by atoms with Crippen molar-refractivity contribution >= 4 is 28.9 Å². The maximum atomic E-state index is 13.2. The topological polar surface area (TPSA) is 105 Å². The van der Waals surface area contributed by atoms with Crippen molar-refractivity contribution in [2.45, 2.75) is 26.3 Å². The Hall–Kier alpha value is -4.27. The molecule has 186 valence electrons. The number of nitro benzene ring substituents is 1. The van der Waals surface area contributed by atoms with Gasteiger partial charge in [-0.15, -0.1) is 0 Å². The Labute approximate surface area is 208 Å². The van der Waals surface area contributed by atoms with Crippen molar-refractivity contribution in [1.82, 2.24) is 5.32 Å². The molecule has 0 atom stereocenters. The van der Waals surface area contributed by atoms with Gasteiger partial charge in [0, 0.05) is 48.7 Å². The number of non-ortho nitro benzene ring substituents is 1. The summed E-state index contributed by atoms with van der Waals surface area (Å²) in [6, 6.07) is 16.5. The molecule has 0 unspecified atom stereocenters. The summed E-state index contributed by atoms with van der Waals surface area (Å²) in [5.74, 6) is -0.570. The molecule has 1 fully saturated rings. The average molecular weight is 491 g/mol. The first-order valence-electron chi connectivity index (χ1n) is 11.8. The highest BCUT2D eigenvalue weighted by atomic mass is 19.1. The van der Waals surface area contributed by atoms with Crippen LogP contribution in [0.3, 0.4) is 0 Å². The van der Waals surface area contributed by atoms with Crippen LogP contribution in [0.25, 0.3) is 0 Å². The van der Waals surface area contributed by atoms with Crippen molar-refractivity contribution in [2.75, 3.05) is 23.3 Å². The van der Waals surface area contributed by atoms with E-state index in [1.807, 2.05) is 6.07 Å². The SMILES string of the molecule is CC1CCN(c2ccc(NC(=O)c3cccc([N+](=O)[O-])c3)cc2C(=O)NCc2ccc(F)cc2)CC1. The lowest BCUT2D eigenvalue weighted by molar-refractivity contribution is -0.384. The predicted octanol–water partition coefficient (Wildman–Crippen LogP) is 5.15. The van der Waals surface area contributed by atoms with Crippen molar-refractivity contribution in [2.24, 2.45) is 5.92 Å². The molecule has 1 aliphatic rings. The monoisotopic (exact) mass is 490 g/mol. The van der Waals surface area contributed by atoms with Gasteiger partial charge in [-0.3, -0.25) is 19.7 Å². The van der Waals surface area contributed by atoms with E-state index in [1.54, 1.807) is 24.3 Å². The molecule has 1 aliphatic heterocycles. The number of hydrogen-bond acceptors (Lipinski definition) is 5. The van der Waals surface area contributed by atoms with Gasteiger partial charge >= 0.3 is 0 Å². The third-order valence-corrected chi connectivity index (χ3v) is 6.31. The van der Waals surface area contributed by atoms with Crippen molar-refractivity contribution in [3.8, 4) is 0 Å². The number of piperidine rings is 1. The van der Waals surface area contributed by atoms with E-state index in [0.29, 0.717) is 17.2 Å². The Balaban J connectivity index is 1.57. The van der Waals surface area contributed by atoms with Gasteiger partial charge < -0.3 is 15.5 Å². The molecule has 2 N–H and O–H groups in total. The van der Waals surface area contributed by atoms with E-state index < -0.39 is 10.8 Å². The van der Waals surface area contributed by atoms with E-state index in [9.17, 15) is 24.1 Å². The molecule has 2 amide bonds. The Bertz CT molecular complexity index is 1270. The molecule has 0 saturated carbocycles. The highest BCUT2D eigenvalue weighted by Crippen LogP contribution is 2.29. The molecule has 8 nitrogen and oxygen atoms in total. The Kier molecular flexibility index (Phi) is 7.58. The summed E-state index contributed by atoms with van der Waals surface area (Å²) in [4.78, 5) is 38.6. The number of benzene rings is 3. The third-order valence-electron chi connectivity index (χ3n) is 6.31. The minimum absolute atomic E-state index is 0.139. The fraction of sp³-hybridized carbons (Fsp3) is 0.259. The van der Waals surface area contributed by atoms with Gasteiger partial charge in [-0.2, -0.15) is 0 Å². The second kappa shape index (κ2) is 11.0. The van der Waals surface area contributed by atoms with Crippen LogP contribution in [0.15, 0.2) is 66.7 Å². The predicted molar refractivity (Wildman–Crippen MR) is 136 cm³/mol. The number of nitrogens with one attached hydrogen (secondary N) is 2. The normalized spacial score (nSPS) is 13.8. The zero-order valence-electron chi connectivity index (χ0n) is 19.9. The maximum absolute atomic E-state index is 13.2. The molecule has 1 heterocycles. The van der Waals surface area contributed by atoms with E-state index in [2.05, 4.69) is 22.5 Å². The zero-order chi connectivity index (χ0) is 25.7. The molecule has 0 aromatic heterocycles. The molecule has 4 rings (SSSR count). The summed E-state index contributed by atoms with van der Waals surface area (Å²) < 4.78 is 13.2. The van der Waals surface area contributed by atoms with Gasteiger partial charge in [0.1, 0.15) is 5.82 Å². The van der Waals surface area contributed by atoms with Gasteiger partial charge in [0.05, 0.1) is 10.5 Å². The quantitative estimate of drug-likeness (QED) is 0.352. The first-order chi connectivity index (χ1) is 17.3. The first-order valence-corrected chi connectivity index (χ1v) is 11.8. The van der Waals surface area contributed by atoms with Crippen LogP contribution in [0.1, 0.15) is 46.0 Å². The number of hydrogen-bond donors (Lipinski definition) is 2. The van der Waals surface area contributed by atoms with E-state index in [0.717, 1.165) is 37.2 Å². The standard InChI is InChI=1S/C27H27FN4O4/c1-18-11-13-31(14-12-18)25-10-9-22(30-26(33)20-3-2-4-23(15-20)32(35)36)16-24(25)27(34)29-17-19-5-7-21(28)8-6-19/h2-10,15-16,18H,11-14,17H2,1H3,(H,29,34)(H,30,33). The first kappa shape index (κ1) is 24.8. The van der Waals surface area contributed by atoms with E-state index in [-0.39, 0.29) is 29.5 Å². The molecule has 3 aromatic carbocycles. The second-order valence-electron chi connectivity index (χ2n) is 8.97. The van der Waals surface area contributed by atoms with Crippen molar-refractivity contribution in [3.05, 3.63) is 99.4 Å². The molecule has 0 bridgehead atoms. The molecule has 0 radical (unpaired) electrons. The van der Waals surface area contributed by atoms with Gasteiger partial charge in [-0.25, -0.2) is 4.39 Å². The summed E-state index contributed by atoms with van der Waals surface area (Å²) in [7, 11) is 0. The summed E-state index contributed by atoms with van der Waals surface area (Å²) in [6.07, 6.45) is 2.03. The number of rotatable bonds is 7. The second-order valence-corrected chi connectivity index (χ2v) is 8.97. The van der Waals surface area contributed by atoms with Gasteiger partial charge in [0.2, 0.25) is 0 Å². The lowest BCUT2D eigenvalue weighted by atomic mass is 9.97. The largest absolute Gasteiger partial charge is 0.371 e. The zero-order valence-corrected chi connectivity index (χ0v) is 19.9. The number of nitro groups is 1. The van der Waals surface area contributed by atoms with Gasteiger partial charge in [0.25, 0.3) is 17.5 Å². The number of carbonyl (C=O) groups is 2. The van der Waals surface area contributed by atoms with Crippen molar-refractivity contribution < 1.29 is 18.9 Å². The molecule has 36 heavy (non-hydrogen) atoms. The molecule has 1 saturated heterocycles. The summed E-state index contributed by atoms with van der Waals surface area (Å²) in [5, 5.41) is 16.7. The van der Waals surface area contributed by atoms with Crippen LogP contribution >= 0.6 is 0 Å². The fourth-order valence-electron chi connectivity index (χ4n) is 4.16. The van der Waals surface area contributed by atoms with Crippen LogP contribution in [0.4, 0.5) is 21.5 Å². The van der Waals surface area contributed by atoms with E-state index in [1.165, 1.54) is 36.4 Å². The number of anilines is 2. The maximum Gasteiger partial charge on any atom is 0.270 e. The fourth-order valence-corrected chi connectivity index (χ4v) is 4.16. The molecular formula is C27H27FN4O4. The minimum atomic E-state index is -0.561. The summed E-state index contributed by atoms with van der Waals surface area (Å²) in [6.45, 7) is 4.07. The van der Waals surface area contributed by atoms with Crippen LogP contribution in [-0.2, 0) is 6.54 Å². The lowest BCUT2D eigenvalue weighted by Gasteiger charge is -2.33. The summed E-state index contributed by atoms with van der Waals surface area (Å²) in [5.41, 5.74) is 2.29. The van der Waals surface area contributed by atoms with Gasteiger partial charge in [-0.1, -0.05) is 25.1 Å². The Morgan fingerprint density at radius 1 is 1.03 bits per heavy atom. The highest BCUT2D eigenvalue weighted by molar-refractivity contribution is 6.06. The van der Waals surface area contributed by atoms with Crippen LogP contribution in [0.2, 0.25) is 0 Å². The van der Waals surface area contributed by atoms with Crippen molar-refractivity contribution in [3.63, 3.8) is 0 Å². The Morgan fingerprint density at radius 3 is 2.44 bits per heavy atom. The molecule has 3 aromatic rings. The minimum Gasteiger partial charge on any atom is -0.371 e. The van der Waals surface area contributed by atoms with E-state index in [4.69, 9.17) is 0 Å². The third kappa shape index (κ3) is 6.04. The van der Waals surface area contributed by atoms with Crippen LogP contribution < -0.4 is 15.5 Å². The van der Waals surface area contributed by atoms with Crippen LogP contribution in [0, 0.1) is 21.8 Å². The molecule has 0 aliphatic carbocycles. The summed E-state index contributed by atoms with van der Waals surface area (Å²) >= 11 is 0. The van der Waals surface area contributed by atoms with Gasteiger partial charge in [-0.05, 0) is 60.7 Å².